The lowest BCUT2D eigenvalue weighted by atomic mass is 9.80. The van der Waals surface area contributed by atoms with Gasteiger partial charge in [-0.15, -0.1) is 0 Å². The Hall–Kier alpha value is -0.620. The highest BCUT2D eigenvalue weighted by Crippen LogP contribution is 2.34. The molecule has 0 aromatic rings. The van der Waals surface area contributed by atoms with Crippen LogP contribution in [0.25, 0.3) is 0 Å². The summed E-state index contributed by atoms with van der Waals surface area (Å²) in [7, 11) is -3.32. The zero-order valence-corrected chi connectivity index (χ0v) is 10.3. The summed E-state index contributed by atoms with van der Waals surface area (Å²) in [6.45, 7) is 0.0150. The fraction of sp³-hybridized carbons (Fsp3) is 0.900. The lowest BCUT2D eigenvalue weighted by molar-refractivity contribution is -0.149. The second kappa shape index (κ2) is 5.14. The molecule has 0 amide bonds. The minimum Gasteiger partial charge on any atom is -0.481 e. The molecule has 16 heavy (non-hydrogen) atoms. The molecular formula is C10H19NO4S. The molecule has 0 bridgehead atoms. The highest BCUT2D eigenvalue weighted by atomic mass is 32.2. The minimum absolute atomic E-state index is 0.0150. The van der Waals surface area contributed by atoms with Crippen LogP contribution in [-0.4, -0.2) is 32.3 Å². The highest BCUT2D eigenvalue weighted by molar-refractivity contribution is 7.88. The largest absolute Gasteiger partial charge is 0.481 e. The summed E-state index contributed by atoms with van der Waals surface area (Å²) < 4.78 is 24.4. The first kappa shape index (κ1) is 13.4. The van der Waals surface area contributed by atoms with Crippen LogP contribution in [0.3, 0.4) is 0 Å². The van der Waals surface area contributed by atoms with Crippen molar-refractivity contribution in [2.24, 2.45) is 5.41 Å². The van der Waals surface area contributed by atoms with E-state index >= 15 is 0 Å². The lowest BCUT2D eigenvalue weighted by Gasteiger charge is -2.27. The van der Waals surface area contributed by atoms with Crippen LogP contribution >= 0.6 is 0 Å². The number of carboxylic acid groups (broad SMARTS) is 1. The van der Waals surface area contributed by atoms with E-state index in [1.54, 1.807) is 0 Å². The van der Waals surface area contributed by atoms with Crippen molar-refractivity contribution in [2.45, 2.75) is 38.5 Å². The van der Waals surface area contributed by atoms with Gasteiger partial charge in [0.15, 0.2) is 0 Å². The third-order valence-electron chi connectivity index (χ3n) is 3.19. The first-order valence-corrected chi connectivity index (χ1v) is 7.43. The molecule has 0 aromatic heterocycles. The fourth-order valence-electron chi connectivity index (χ4n) is 2.14. The summed E-state index contributed by atoms with van der Waals surface area (Å²) in [5.74, 6) is -0.884. The van der Waals surface area contributed by atoms with Gasteiger partial charge in [-0.1, -0.05) is 25.7 Å². The van der Waals surface area contributed by atoms with Gasteiger partial charge in [0.1, 0.15) is 0 Å². The molecule has 0 atom stereocenters. The molecule has 0 saturated heterocycles. The first-order chi connectivity index (χ1) is 7.36. The van der Waals surface area contributed by atoms with Gasteiger partial charge in [0.05, 0.1) is 11.7 Å². The molecular weight excluding hydrogens is 230 g/mol. The number of carboxylic acids is 1. The first-order valence-electron chi connectivity index (χ1n) is 5.54. The Bertz CT molecular complexity index is 342. The topological polar surface area (TPSA) is 83.5 Å². The zero-order chi connectivity index (χ0) is 12.2. The van der Waals surface area contributed by atoms with E-state index in [0.29, 0.717) is 12.8 Å². The standard InChI is InChI=1S/C10H19NO4S/c1-16(14,15)11-8-10(9(12)13)6-4-2-3-5-7-10/h11H,2-8H2,1H3,(H,12,13). The maximum absolute atomic E-state index is 11.3. The molecule has 6 heteroatoms. The summed E-state index contributed by atoms with van der Waals surface area (Å²) >= 11 is 0. The second-order valence-corrected chi connectivity index (χ2v) is 6.43. The predicted molar refractivity (Wildman–Crippen MR) is 60.6 cm³/mol. The Balaban J connectivity index is 2.75. The summed E-state index contributed by atoms with van der Waals surface area (Å²) in [6, 6.07) is 0. The van der Waals surface area contributed by atoms with Crippen molar-refractivity contribution in [3.8, 4) is 0 Å². The van der Waals surface area contributed by atoms with Crippen LogP contribution < -0.4 is 4.72 Å². The average molecular weight is 249 g/mol. The molecule has 1 saturated carbocycles. The van der Waals surface area contributed by atoms with E-state index in [4.69, 9.17) is 0 Å². The van der Waals surface area contributed by atoms with E-state index in [2.05, 4.69) is 4.72 Å². The molecule has 0 heterocycles. The summed E-state index contributed by atoms with van der Waals surface area (Å²) in [5, 5.41) is 9.28. The Morgan fingerprint density at radius 3 is 2.12 bits per heavy atom. The molecule has 0 spiro atoms. The SMILES string of the molecule is CS(=O)(=O)NCC1(C(=O)O)CCCCCC1. The van der Waals surface area contributed by atoms with Gasteiger partial charge in [0.25, 0.3) is 0 Å². The van der Waals surface area contributed by atoms with Crippen LogP contribution in [-0.2, 0) is 14.8 Å². The third-order valence-corrected chi connectivity index (χ3v) is 3.86. The molecule has 0 radical (unpaired) electrons. The summed E-state index contributed by atoms with van der Waals surface area (Å²) in [6.07, 6.45) is 5.96. The summed E-state index contributed by atoms with van der Waals surface area (Å²) in [5.41, 5.74) is -0.903. The molecule has 94 valence electrons. The molecule has 2 N–H and O–H groups in total. The number of hydrogen-bond donors (Lipinski definition) is 2. The Morgan fingerprint density at radius 1 is 1.25 bits per heavy atom. The zero-order valence-electron chi connectivity index (χ0n) is 9.53. The van der Waals surface area contributed by atoms with Crippen molar-refractivity contribution in [1.29, 1.82) is 0 Å². The minimum atomic E-state index is -3.32. The Labute approximate surface area is 96.3 Å². The van der Waals surface area contributed by atoms with Gasteiger partial charge in [-0.05, 0) is 12.8 Å². The maximum Gasteiger partial charge on any atom is 0.310 e. The van der Waals surface area contributed by atoms with Gasteiger partial charge >= 0.3 is 5.97 Å². The highest BCUT2D eigenvalue weighted by Gasteiger charge is 2.38. The van der Waals surface area contributed by atoms with E-state index in [-0.39, 0.29) is 6.54 Å². The number of aliphatic carboxylic acids is 1. The van der Waals surface area contributed by atoms with Gasteiger partial charge in [-0.25, -0.2) is 13.1 Å². The second-order valence-electron chi connectivity index (χ2n) is 4.59. The number of sulfonamides is 1. The smallest absolute Gasteiger partial charge is 0.310 e. The molecule has 1 rings (SSSR count). The predicted octanol–water partition coefficient (Wildman–Crippen LogP) is 0.961. The number of hydrogen-bond acceptors (Lipinski definition) is 3. The maximum atomic E-state index is 11.3. The monoisotopic (exact) mass is 249 g/mol. The molecule has 0 aliphatic heterocycles. The molecule has 1 aliphatic rings. The van der Waals surface area contributed by atoms with Crippen molar-refractivity contribution in [2.75, 3.05) is 12.8 Å². The van der Waals surface area contributed by atoms with Gasteiger partial charge in [-0.2, -0.15) is 0 Å². The van der Waals surface area contributed by atoms with Crippen molar-refractivity contribution in [1.82, 2.24) is 4.72 Å². The Morgan fingerprint density at radius 2 is 1.75 bits per heavy atom. The van der Waals surface area contributed by atoms with Crippen molar-refractivity contribution < 1.29 is 18.3 Å². The van der Waals surface area contributed by atoms with Gasteiger partial charge < -0.3 is 5.11 Å². The van der Waals surface area contributed by atoms with Crippen LogP contribution in [0.5, 0.6) is 0 Å². The van der Waals surface area contributed by atoms with Gasteiger partial charge in [-0.3, -0.25) is 4.79 Å². The van der Waals surface area contributed by atoms with Crippen LogP contribution in [0.15, 0.2) is 0 Å². The third kappa shape index (κ3) is 3.75. The molecule has 1 aliphatic carbocycles. The van der Waals surface area contributed by atoms with E-state index in [1.165, 1.54) is 0 Å². The van der Waals surface area contributed by atoms with Crippen LogP contribution in [0.1, 0.15) is 38.5 Å². The van der Waals surface area contributed by atoms with Crippen molar-refractivity contribution in [3.05, 3.63) is 0 Å². The normalized spacial score (nSPS) is 21.3. The van der Waals surface area contributed by atoms with Gasteiger partial charge in [0, 0.05) is 6.54 Å². The average Bonchev–Trinajstić information content (AvgIpc) is 2.39. The van der Waals surface area contributed by atoms with Crippen LogP contribution in [0, 0.1) is 5.41 Å². The van der Waals surface area contributed by atoms with Crippen molar-refractivity contribution in [3.63, 3.8) is 0 Å². The van der Waals surface area contributed by atoms with E-state index in [1.807, 2.05) is 0 Å². The number of nitrogens with one attached hydrogen (secondary N) is 1. The molecule has 1 fully saturated rings. The quantitative estimate of drug-likeness (QED) is 0.727. The number of rotatable bonds is 4. The Kier molecular flexibility index (Phi) is 4.32. The molecule has 0 unspecified atom stereocenters. The van der Waals surface area contributed by atoms with E-state index in [9.17, 15) is 18.3 Å². The number of carbonyl (C=O) groups is 1. The summed E-state index contributed by atoms with van der Waals surface area (Å²) in [4.78, 5) is 11.3. The van der Waals surface area contributed by atoms with E-state index in [0.717, 1.165) is 31.9 Å². The van der Waals surface area contributed by atoms with Gasteiger partial charge in [0.2, 0.25) is 10.0 Å². The lowest BCUT2D eigenvalue weighted by Crippen LogP contribution is -2.42. The molecule has 5 nitrogen and oxygen atoms in total. The van der Waals surface area contributed by atoms with Crippen molar-refractivity contribution >= 4 is 16.0 Å². The molecule has 0 aromatic carbocycles. The van der Waals surface area contributed by atoms with Crippen LogP contribution in [0.4, 0.5) is 0 Å². The fourth-order valence-corrected chi connectivity index (χ4v) is 2.68. The van der Waals surface area contributed by atoms with Crippen LogP contribution in [0.2, 0.25) is 0 Å². The van der Waals surface area contributed by atoms with E-state index < -0.39 is 21.4 Å².